The molecule has 2 aromatic heterocycles. The van der Waals surface area contributed by atoms with Gasteiger partial charge in [0.25, 0.3) is 0 Å². The van der Waals surface area contributed by atoms with Crippen LogP contribution in [-0.4, -0.2) is 144 Å². The summed E-state index contributed by atoms with van der Waals surface area (Å²) in [5.74, 6) is 2.53. The zero-order chi connectivity index (χ0) is 28.5. The highest BCUT2D eigenvalue weighted by Gasteiger charge is 2.52. The molecule has 2 aromatic rings. The number of aliphatic hydroxyl groups excluding tert-OH is 8. The molecule has 0 aromatic carbocycles. The number of aromatic nitrogens is 6. The molecule has 0 unspecified atom stereocenters. The van der Waals surface area contributed by atoms with E-state index in [4.69, 9.17) is 15.9 Å². The molecule has 2 fully saturated rings. The normalized spacial score (nSPS) is 37.2. The standard InChI is InChI=1S/C22H33N7O10/c1-3-4-27(5-11-7-28(25-23-11)21-19(36)17(34)15(32)13(9-30)38-21)6-12-8-29(26-24-12)22(2)20(37)18(35)16(33)14(10-31)39-22/h1,7-8,13-21,30-37H,4-6,9-10H2,2H3/t13-,14-,15-,16-,17+,18+,19+,20+,21+,22-/m1/s1. The molecule has 8 N–H and O–H groups in total. The molecule has 10 atom stereocenters. The van der Waals surface area contributed by atoms with Crippen molar-refractivity contribution in [2.75, 3.05) is 19.8 Å². The molecule has 2 aliphatic rings. The second-order valence-electron chi connectivity index (χ2n) is 9.73. The highest BCUT2D eigenvalue weighted by Crippen LogP contribution is 2.33. The van der Waals surface area contributed by atoms with Crippen molar-refractivity contribution >= 4 is 0 Å². The zero-order valence-electron chi connectivity index (χ0n) is 21.0. The fourth-order valence-electron chi connectivity index (χ4n) is 4.66. The SMILES string of the molecule is C#CCN(Cc1cn([C@H]2O[C@H](CO)[C@@H](O)[C@H](O)[C@@H]2O)nn1)Cc1cn([C@]2(C)O[C@H](CO)[C@@H](O)[C@H](O)[C@@H]2O)nn1. The number of ether oxygens (including phenoxy) is 2. The number of rotatable bonds is 9. The van der Waals surface area contributed by atoms with E-state index in [1.54, 1.807) is 4.90 Å². The van der Waals surface area contributed by atoms with E-state index in [-0.39, 0.29) is 19.6 Å². The van der Waals surface area contributed by atoms with Gasteiger partial charge in [-0.05, 0) is 6.92 Å². The molecular formula is C22H33N7O10. The van der Waals surface area contributed by atoms with Gasteiger partial charge in [0.2, 0.25) is 0 Å². The van der Waals surface area contributed by atoms with Gasteiger partial charge >= 0.3 is 0 Å². The van der Waals surface area contributed by atoms with Crippen molar-refractivity contribution in [2.45, 2.75) is 80.8 Å². The average molecular weight is 556 g/mol. The Kier molecular flexibility index (Phi) is 8.95. The minimum absolute atomic E-state index is 0.160. The van der Waals surface area contributed by atoms with Crippen LogP contribution in [0.25, 0.3) is 0 Å². The first kappa shape index (κ1) is 29.4. The van der Waals surface area contributed by atoms with E-state index in [1.165, 1.54) is 28.7 Å². The van der Waals surface area contributed by atoms with Crippen LogP contribution in [0.4, 0.5) is 0 Å². The van der Waals surface area contributed by atoms with Crippen molar-refractivity contribution in [1.82, 2.24) is 34.9 Å². The van der Waals surface area contributed by atoms with Gasteiger partial charge in [-0.2, -0.15) is 0 Å². The Bertz CT molecular complexity index is 1140. The van der Waals surface area contributed by atoms with E-state index >= 15 is 0 Å². The minimum atomic E-state index is -1.64. The monoisotopic (exact) mass is 555 g/mol. The Morgan fingerprint density at radius 1 is 0.897 bits per heavy atom. The molecule has 4 rings (SSSR count). The van der Waals surface area contributed by atoms with Gasteiger partial charge in [0.05, 0.1) is 43.5 Å². The van der Waals surface area contributed by atoms with Crippen LogP contribution in [0.1, 0.15) is 24.5 Å². The van der Waals surface area contributed by atoms with Gasteiger partial charge in [-0.25, -0.2) is 9.36 Å². The van der Waals surface area contributed by atoms with Crippen LogP contribution in [0.15, 0.2) is 12.4 Å². The summed E-state index contributed by atoms with van der Waals surface area (Å²) in [7, 11) is 0. The van der Waals surface area contributed by atoms with Gasteiger partial charge < -0.3 is 50.3 Å². The lowest BCUT2D eigenvalue weighted by molar-refractivity contribution is -0.303. The predicted molar refractivity (Wildman–Crippen MR) is 126 cm³/mol. The summed E-state index contributed by atoms with van der Waals surface area (Å²) in [5.41, 5.74) is -0.817. The molecule has 4 heterocycles. The van der Waals surface area contributed by atoms with Crippen LogP contribution in [0.3, 0.4) is 0 Å². The maximum absolute atomic E-state index is 10.6. The van der Waals surface area contributed by atoms with Crippen LogP contribution in [0.2, 0.25) is 0 Å². The fraction of sp³-hybridized carbons (Fsp3) is 0.727. The summed E-state index contributed by atoms with van der Waals surface area (Å²) in [6.07, 6.45) is -4.30. The van der Waals surface area contributed by atoms with Gasteiger partial charge in [0.15, 0.2) is 12.0 Å². The summed E-state index contributed by atoms with van der Waals surface area (Å²) in [5, 5.41) is 96.2. The van der Waals surface area contributed by atoms with E-state index in [9.17, 15) is 40.9 Å². The third-order valence-corrected chi connectivity index (χ3v) is 6.94. The van der Waals surface area contributed by atoms with E-state index in [1.807, 2.05) is 0 Å². The Morgan fingerprint density at radius 3 is 2.15 bits per heavy atom. The van der Waals surface area contributed by atoms with Gasteiger partial charge in [-0.3, -0.25) is 4.90 Å². The fourth-order valence-corrected chi connectivity index (χ4v) is 4.66. The smallest absolute Gasteiger partial charge is 0.188 e. The Labute approximate surface area is 222 Å². The quantitative estimate of drug-likeness (QED) is 0.135. The molecule has 2 aliphatic heterocycles. The Morgan fingerprint density at radius 2 is 1.51 bits per heavy atom. The lowest BCUT2D eigenvalue weighted by Crippen LogP contribution is -2.64. The molecule has 0 amide bonds. The van der Waals surface area contributed by atoms with Crippen molar-refractivity contribution in [3.05, 3.63) is 23.8 Å². The average Bonchev–Trinajstić information content (AvgIpc) is 3.59. The number of terminal acetylenes is 1. The summed E-state index contributed by atoms with van der Waals surface area (Å²) < 4.78 is 13.5. The van der Waals surface area contributed by atoms with E-state index in [0.29, 0.717) is 11.4 Å². The molecule has 0 saturated carbocycles. The lowest BCUT2D eigenvalue weighted by Gasteiger charge is -2.46. The maximum Gasteiger partial charge on any atom is 0.188 e. The number of nitrogens with zero attached hydrogens (tertiary/aromatic N) is 7. The van der Waals surface area contributed by atoms with Crippen LogP contribution in [-0.2, 0) is 28.3 Å². The van der Waals surface area contributed by atoms with Gasteiger partial charge in [0.1, 0.15) is 48.8 Å². The van der Waals surface area contributed by atoms with E-state index < -0.39 is 74.0 Å². The molecule has 0 aliphatic carbocycles. The summed E-state index contributed by atoms with van der Waals surface area (Å²) in [4.78, 5) is 1.76. The van der Waals surface area contributed by atoms with Crippen LogP contribution >= 0.6 is 0 Å². The molecule has 17 heteroatoms. The van der Waals surface area contributed by atoms with Crippen molar-refractivity contribution in [2.24, 2.45) is 0 Å². The highest BCUT2D eigenvalue weighted by molar-refractivity contribution is 5.03. The summed E-state index contributed by atoms with van der Waals surface area (Å²) in [6.45, 7) is 0.751. The molecular weight excluding hydrogens is 522 g/mol. The van der Waals surface area contributed by atoms with Crippen molar-refractivity contribution in [3.8, 4) is 12.3 Å². The van der Waals surface area contributed by atoms with Gasteiger partial charge in [0, 0.05) is 13.1 Å². The van der Waals surface area contributed by atoms with Gasteiger partial charge in [-0.15, -0.1) is 16.6 Å². The molecule has 2 saturated heterocycles. The molecule has 0 spiro atoms. The minimum Gasteiger partial charge on any atom is -0.394 e. The maximum atomic E-state index is 10.6. The molecule has 39 heavy (non-hydrogen) atoms. The number of hydrogen-bond donors (Lipinski definition) is 8. The third-order valence-electron chi connectivity index (χ3n) is 6.94. The molecule has 216 valence electrons. The van der Waals surface area contributed by atoms with E-state index in [0.717, 1.165) is 0 Å². The van der Waals surface area contributed by atoms with Crippen molar-refractivity contribution in [3.63, 3.8) is 0 Å². The zero-order valence-corrected chi connectivity index (χ0v) is 21.0. The highest BCUT2D eigenvalue weighted by atomic mass is 16.6. The number of hydrogen-bond acceptors (Lipinski definition) is 15. The Balaban J connectivity index is 1.46. The first-order chi connectivity index (χ1) is 18.5. The topological polar surface area (TPSA) is 245 Å². The largest absolute Gasteiger partial charge is 0.394 e. The van der Waals surface area contributed by atoms with Crippen LogP contribution < -0.4 is 0 Å². The molecule has 0 radical (unpaired) electrons. The third kappa shape index (κ3) is 5.68. The molecule has 0 bridgehead atoms. The first-order valence-electron chi connectivity index (χ1n) is 12.2. The van der Waals surface area contributed by atoms with E-state index in [2.05, 4.69) is 26.5 Å². The number of aliphatic hydroxyl groups is 8. The van der Waals surface area contributed by atoms with Crippen LogP contribution in [0.5, 0.6) is 0 Å². The van der Waals surface area contributed by atoms with Crippen molar-refractivity contribution < 1.29 is 50.3 Å². The van der Waals surface area contributed by atoms with Crippen LogP contribution in [0, 0.1) is 12.3 Å². The summed E-state index contributed by atoms with van der Waals surface area (Å²) >= 11 is 0. The lowest BCUT2D eigenvalue weighted by atomic mass is 9.92. The second kappa shape index (κ2) is 11.9. The molecule has 17 nitrogen and oxygen atoms in total. The van der Waals surface area contributed by atoms with Crippen molar-refractivity contribution in [1.29, 1.82) is 0 Å². The second-order valence-corrected chi connectivity index (χ2v) is 9.73. The predicted octanol–water partition coefficient (Wildman–Crippen LogP) is -5.38. The Hall–Kier alpha value is -2.60. The summed E-state index contributed by atoms with van der Waals surface area (Å²) in [6, 6.07) is 0. The van der Waals surface area contributed by atoms with Gasteiger partial charge in [-0.1, -0.05) is 16.3 Å². The first-order valence-corrected chi connectivity index (χ1v) is 12.2.